The fourth-order valence-corrected chi connectivity index (χ4v) is 7.59. The maximum absolute atomic E-state index is 6.23. The normalized spacial score (nSPS) is 12.5. The molecule has 0 amide bonds. The molecule has 0 saturated carbocycles. The molecule has 0 aliphatic rings. The van der Waals surface area contributed by atoms with Gasteiger partial charge in [-0.15, -0.1) is 0 Å². The summed E-state index contributed by atoms with van der Waals surface area (Å²) in [5, 5.41) is 9.47. The molecule has 0 unspecified atom stereocenters. The van der Waals surface area contributed by atoms with Gasteiger partial charge in [-0.25, -0.2) is 15.0 Å². The number of rotatable bonds is 5. The third kappa shape index (κ3) is 5.13. The number of furan rings is 1. The number of fused-ring (bicyclic) bond motifs is 10. The van der Waals surface area contributed by atoms with Crippen LogP contribution in [0.1, 0.15) is 23.9 Å². The van der Waals surface area contributed by atoms with E-state index in [0.29, 0.717) is 17.4 Å². The Kier molecular flexibility index (Phi) is 7.12. The lowest BCUT2D eigenvalue weighted by Gasteiger charge is -2.13. The molecule has 250 valence electrons. The van der Waals surface area contributed by atoms with Crippen LogP contribution in [0.25, 0.3) is 76.7 Å². The van der Waals surface area contributed by atoms with E-state index in [1.54, 1.807) is 0 Å². The lowest BCUT2D eigenvalue weighted by molar-refractivity contribution is 0.669. The van der Waals surface area contributed by atoms with Gasteiger partial charge in [-0.2, -0.15) is 0 Å². The molecule has 53 heavy (non-hydrogen) atoms. The van der Waals surface area contributed by atoms with Crippen LogP contribution in [0.3, 0.4) is 0 Å². The van der Waals surface area contributed by atoms with Crippen molar-refractivity contribution < 1.29 is 4.42 Å². The molecular weight excluding hydrogens is 649 g/mol. The maximum atomic E-state index is 6.23. The standard InChI is InChI=1S/C48H32N4O/c1-30(32-24-26-39-37-18-7-6-16-35(37)36-17-8-9-19-38(36)42(39)28-32)49-47(48-51-43-21-11-12-22-44(43)52(48)34-14-4-3-5-15-34)50-31(2)33-25-27-41-40-20-10-13-23-45(40)53-46(41)29-33/h3-29H,2H2,1H3. The van der Waals surface area contributed by atoms with Gasteiger partial charge >= 0.3 is 0 Å². The highest BCUT2D eigenvalue weighted by molar-refractivity contribution is 6.26. The zero-order valence-corrected chi connectivity index (χ0v) is 29.0. The zero-order valence-electron chi connectivity index (χ0n) is 29.0. The number of aliphatic imine (C=N–C) groups is 2. The van der Waals surface area contributed by atoms with Crippen molar-refractivity contribution in [1.82, 2.24) is 9.55 Å². The van der Waals surface area contributed by atoms with E-state index in [1.807, 2.05) is 73.7 Å². The lowest BCUT2D eigenvalue weighted by Crippen LogP contribution is -2.11. The Morgan fingerprint density at radius 2 is 1.09 bits per heavy atom. The summed E-state index contributed by atoms with van der Waals surface area (Å²) in [7, 11) is 0. The third-order valence-electron chi connectivity index (χ3n) is 10.2. The Hall–Kier alpha value is -7.11. The monoisotopic (exact) mass is 680 g/mol. The summed E-state index contributed by atoms with van der Waals surface area (Å²) < 4.78 is 8.36. The first-order valence-electron chi connectivity index (χ1n) is 17.7. The van der Waals surface area contributed by atoms with Gasteiger partial charge in [0.2, 0.25) is 0 Å². The molecule has 0 radical (unpaired) electrons. The van der Waals surface area contributed by atoms with Crippen LogP contribution in [0, 0.1) is 0 Å². The molecule has 10 rings (SSSR count). The molecule has 0 aliphatic heterocycles. The number of para-hydroxylation sites is 4. The molecular formula is C48H32N4O. The third-order valence-corrected chi connectivity index (χ3v) is 10.2. The number of imidazole rings is 1. The summed E-state index contributed by atoms with van der Waals surface area (Å²) in [5.74, 6) is 1.08. The van der Waals surface area contributed by atoms with Gasteiger partial charge in [0.1, 0.15) is 11.2 Å². The molecule has 0 N–H and O–H groups in total. The van der Waals surface area contributed by atoms with Gasteiger partial charge < -0.3 is 4.42 Å². The minimum atomic E-state index is 0.459. The summed E-state index contributed by atoms with van der Waals surface area (Å²) in [6, 6.07) is 56.5. The van der Waals surface area contributed by atoms with Crippen LogP contribution >= 0.6 is 0 Å². The molecule has 0 atom stereocenters. The van der Waals surface area contributed by atoms with Crippen molar-refractivity contribution in [2.24, 2.45) is 9.98 Å². The Balaban J connectivity index is 1.17. The van der Waals surface area contributed by atoms with Crippen molar-refractivity contribution >= 4 is 82.5 Å². The van der Waals surface area contributed by atoms with Crippen molar-refractivity contribution in [3.05, 3.63) is 187 Å². The van der Waals surface area contributed by atoms with E-state index in [2.05, 4.69) is 108 Å². The van der Waals surface area contributed by atoms with Crippen LogP contribution in [0.5, 0.6) is 0 Å². The minimum absolute atomic E-state index is 0.459. The lowest BCUT2D eigenvalue weighted by atomic mass is 9.93. The maximum Gasteiger partial charge on any atom is 0.197 e. The molecule has 5 heteroatoms. The second-order valence-electron chi connectivity index (χ2n) is 13.3. The van der Waals surface area contributed by atoms with Crippen LogP contribution < -0.4 is 0 Å². The average molecular weight is 681 g/mol. The van der Waals surface area contributed by atoms with E-state index in [0.717, 1.165) is 55.5 Å². The van der Waals surface area contributed by atoms with Crippen LogP contribution in [0.15, 0.2) is 185 Å². The largest absolute Gasteiger partial charge is 0.456 e. The average Bonchev–Trinajstić information content (AvgIpc) is 3.79. The molecule has 0 bridgehead atoms. The molecule has 0 fully saturated rings. The number of nitrogens with zero attached hydrogens (tertiary/aromatic N) is 4. The van der Waals surface area contributed by atoms with Gasteiger partial charge in [0.15, 0.2) is 11.7 Å². The van der Waals surface area contributed by atoms with Crippen molar-refractivity contribution in [2.45, 2.75) is 6.92 Å². The van der Waals surface area contributed by atoms with Gasteiger partial charge in [0, 0.05) is 27.7 Å². The number of amidine groups is 1. The second-order valence-corrected chi connectivity index (χ2v) is 13.3. The van der Waals surface area contributed by atoms with Gasteiger partial charge in [-0.1, -0.05) is 122 Å². The van der Waals surface area contributed by atoms with Crippen molar-refractivity contribution in [3.8, 4) is 5.69 Å². The second kappa shape index (κ2) is 12.3. The van der Waals surface area contributed by atoms with Crippen LogP contribution in [-0.4, -0.2) is 21.1 Å². The highest BCUT2D eigenvalue weighted by Gasteiger charge is 2.19. The quantitative estimate of drug-likeness (QED) is 0.103. The highest BCUT2D eigenvalue weighted by Crippen LogP contribution is 2.36. The SMILES string of the molecule is C=C(N=C(N=C(C)c1ccc2c3ccccc3c3ccccc3c2c1)c1nc2ccccc2n1-c1ccccc1)c1ccc2c(c1)oc1ccccc12. The summed E-state index contributed by atoms with van der Waals surface area (Å²) in [6.45, 7) is 6.50. The topological polar surface area (TPSA) is 55.7 Å². The zero-order chi connectivity index (χ0) is 35.5. The van der Waals surface area contributed by atoms with Gasteiger partial charge in [0.05, 0.1) is 16.7 Å². The smallest absolute Gasteiger partial charge is 0.197 e. The Morgan fingerprint density at radius 3 is 1.85 bits per heavy atom. The van der Waals surface area contributed by atoms with Crippen molar-refractivity contribution in [1.29, 1.82) is 0 Å². The highest BCUT2D eigenvalue weighted by atomic mass is 16.3. The van der Waals surface area contributed by atoms with Crippen LogP contribution in [-0.2, 0) is 0 Å². The summed E-state index contributed by atoms with van der Waals surface area (Å²) in [4.78, 5) is 15.6. The van der Waals surface area contributed by atoms with E-state index in [9.17, 15) is 0 Å². The van der Waals surface area contributed by atoms with Crippen molar-refractivity contribution in [2.75, 3.05) is 0 Å². The predicted molar refractivity (Wildman–Crippen MR) is 222 cm³/mol. The minimum Gasteiger partial charge on any atom is -0.456 e. The predicted octanol–water partition coefficient (Wildman–Crippen LogP) is 12.3. The number of hydrogen-bond donors (Lipinski definition) is 0. The summed E-state index contributed by atoms with van der Waals surface area (Å²) >= 11 is 0. The van der Waals surface area contributed by atoms with Gasteiger partial charge in [-0.3, -0.25) is 4.57 Å². The molecule has 10 aromatic rings. The molecule has 0 spiro atoms. The molecule has 5 nitrogen and oxygen atoms in total. The fraction of sp³-hybridized carbons (Fsp3) is 0.0208. The first kappa shape index (κ1) is 30.7. The van der Waals surface area contributed by atoms with E-state index >= 15 is 0 Å². The van der Waals surface area contributed by atoms with Gasteiger partial charge in [-0.05, 0) is 93.3 Å². The Bertz CT molecular complexity index is 3110. The van der Waals surface area contributed by atoms with E-state index in [1.165, 1.54) is 32.3 Å². The number of aromatic nitrogens is 2. The van der Waals surface area contributed by atoms with Gasteiger partial charge in [0.25, 0.3) is 0 Å². The molecule has 2 heterocycles. The molecule has 2 aromatic heterocycles. The van der Waals surface area contributed by atoms with Crippen LogP contribution in [0.4, 0.5) is 0 Å². The molecule has 8 aromatic carbocycles. The van der Waals surface area contributed by atoms with E-state index in [-0.39, 0.29) is 0 Å². The Morgan fingerprint density at radius 1 is 0.528 bits per heavy atom. The van der Waals surface area contributed by atoms with Crippen molar-refractivity contribution in [3.63, 3.8) is 0 Å². The summed E-state index contributed by atoms with van der Waals surface area (Å²) in [5.41, 5.74) is 7.64. The number of hydrogen-bond acceptors (Lipinski definition) is 3. The first-order chi connectivity index (χ1) is 26.1. The fourth-order valence-electron chi connectivity index (χ4n) is 7.59. The Labute approximate surface area is 305 Å². The molecule has 0 saturated heterocycles. The summed E-state index contributed by atoms with van der Waals surface area (Å²) in [6.07, 6.45) is 0. The first-order valence-corrected chi connectivity index (χ1v) is 17.7. The van der Waals surface area contributed by atoms with E-state index < -0.39 is 0 Å². The number of benzene rings is 8. The van der Waals surface area contributed by atoms with Crippen LogP contribution in [0.2, 0.25) is 0 Å². The molecule has 0 aliphatic carbocycles. The van der Waals surface area contributed by atoms with E-state index in [4.69, 9.17) is 19.4 Å².